The summed E-state index contributed by atoms with van der Waals surface area (Å²) >= 11 is 0. The maximum atomic E-state index is 14.4. The second-order valence-corrected chi connectivity index (χ2v) is 9.66. The van der Waals surface area contributed by atoms with E-state index in [-0.39, 0.29) is 5.92 Å². The number of aryl methyl sites for hydroxylation is 1. The number of alkyl halides is 2. The molecule has 0 saturated carbocycles. The molecule has 2 nitrogen and oxygen atoms in total. The van der Waals surface area contributed by atoms with E-state index in [1.165, 1.54) is 5.56 Å². The fraction of sp³-hybridized carbons (Fsp3) is 0.258. The van der Waals surface area contributed by atoms with Gasteiger partial charge in [-0.05, 0) is 76.7 Å². The highest BCUT2D eigenvalue weighted by atomic mass is 19.1. The predicted molar refractivity (Wildman–Crippen MR) is 140 cm³/mol. The minimum Gasteiger partial charge on any atom is -0.316 e. The van der Waals surface area contributed by atoms with Crippen molar-refractivity contribution in [2.45, 2.75) is 18.8 Å². The number of aldehydes is 1. The highest BCUT2D eigenvalue weighted by molar-refractivity contribution is 6.02. The number of carbonyl (C=O) groups excluding carboxylic acids is 1. The second-order valence-electron chi connectivity index (χ2n) is 9.66. The molecule has 2 atom stereocenters. The normalized spacial score (nSPS) is 20.1. The van der Waals surface area contributed by atoms with Gasteiger partial charge in [-0.3, -0.25) is 13.6 Å². The lowest BCUT2D eigenvalue weighted by Gasteiger charge is -2.42. The lowest BCUT2D eigenvalue weighted by Crippen LogP contribution is -2.50. The molecule has 0 radical (unpaired) electrons. The Morgan fingerprint density at radius 2 is 1.63 bits per heavy atom. The molecule has 4 heteroatoms. The van der Waals surface area contributed by atoms with Gasteiger partial charge < -0.3 is 5.32 Å². The Balaban J connectivity index is 1.57. The van der Waals surface area contributed by atoms with Crippen LogP contribution >= 0.6 is 0 Å². The molecule has 4 aromatic rings. The first-order valence-corrected chi connectivity index (χ1v) is 12.1. The van der Waals surface area contributed by atoms with Gasteiger partial charge in [-0.25, -0.2) is 0 Å². The van der Waals surface area contributed by atoms with Gasteiger partial charge in [0.05, 0.1) is 13.3 Å². The van der Waals surface area contributed by atoms with Crippen molar-refractivity contribution in [1.82, 2.24) is 5.32 Å². The zero-order chi connectivity index (χ0) is 24.4. The van der Waals surface area contributed by atoms with E-state index in [9.17, 15) is 13.6 Å². The van der Waals surface area contributed by atoms with Crippen LogP contribution in [0.5, 0.6) is 0 Å². The molecule has 0 amide bonds. The first-order chi connectivity index (χ1) is 17.1. The van der Waals surface area contributed by atoms with Crippen molar-refractivity contribution in [2.75, 3.05) is 26.4 Å². The summed E-state index contributed by atoms with van der Waals surface area (Å²) in [6, 6.07) is 26.3. The molecule has 5 rings (SSSR count). The Morgan fingerprint density at radius 1 is 0.914 bits per heavy atom. The van der Waals surface area contributed by atoms with E-state index in [4.69, 9.17) is 0 Å². The number of nitrogens with one attached hydrogen (secondary N) is 1. The van der Waals surface area contributed by atoms with Gasteiger partial charge in [-0.15, -0.1) is 0 Å². The van der Waals surface area contributed by atoms with Crippen LogP contribution < -0.4 is 5.32 Å². The standard InChI is InChI=1S/C31H29F2NO/c1-21-2-4-23(5-3-21)25-8-11-29-26(16-25)14-22(19-35)15-30(29)24-6-9-27(10-7-24)31(20-33)12-13-34-18-28(31)17-32/h2-11,14-16,19,28,34H,12-13,17-18,20H2,1H3. The van der Waals surface area contributed by atoms with Gasteiger partial charge >= 0.3 is 0 Å². The quantitative estimate of drug-likeness (QED) is 0.306. The fourth-order valence-electron chi connectivity index (χ4n) is 5.43. The van der Waals surface area contributed by atoms with Crippen LogP contribution in [0.1, 0.15) is 27.9 Å². The first-order valence-electron chi connectivity index (χ1n) is 12.1. The van der Waals surface area contributed by atoms with Crippen molar-refractivity contribution in [2.24, 2.45) is 5.92 Å². The molecule has 2 unspecified atom stereocenters. The van der Waals surface area contributed by atoms with E-state index in [0.717, 1.165) is 44.9 Å². The summed E-state index contributed by atoms with van der Waals surface area (Å²) in [6.45, 7) is 2.10. The Kier molecular flexibility index (Phi) is 6.48. The van der Waals surface area contributed by atoms with Gasteiger partial charge in [-0.2, -0.15) is 0 Å². The third-order valence-corrected chi connectivity index (χ3v) is 7.61. The lowest BCUT2D eigenvalue weighted by atomic mass is 9.67. The summed E-state index contributed by atoms with van der Waals surface area (Å²) in [4.78, 5) is 11.8. The largest absolute Gasteiger partial charge is 0.316 e. The molecule has 1 aliphatic heterocycles. The monoisotopic (exact) mass is 469 g/mol. The van der Waals surface area contributed by atoms with E-state index in [0.29, 0.717) is 25.1 Å². The number of fused-ring (bicyclic) bond motifs is 1. The van der Waals surface area contributed by atoms with Crippen LogP contribution in [0, 0.1) is 12.8 Å². The van der Waals surface area contributed by atoms with Gasteiger partial charge in [0.15, 0.2) is 0 Å². The first kappa shape index (κ1) is 23.4. The minimum atomic E-state index is -0.797. The Hall–Kier alpha value is -3.37. The summed E-state index contributed by atoms with van der Waals surface area (Å²) in [5, 5.41) is 5.23. The second kappa shape index (κ2) is 9.71. The molecule has 1 N–H and O–H groups in total. The molecule has 1 fully saturated rings. The van der Waals surface area contributed by atoms with E-state index in [1.807, 2.05) is 36.4 Å². The van der Waals surface area contributed by atoms with E-state index < -0.39 is 18.8 Å². The van der Waals surface area contributed by atoms with Crippen LogP contribution in [-0.2, 0) is 5.41 Å². The van der Waals surface area contributed by atoms with Crippen LogP contribution in [0.2, 0.25) is 0 Å². The highest BCUT2D eigenvalue weighted by Gasteiger charge is 2.42. The van der Waals surface area contributed by atoms with Crippen LogP contribution in [0.3, 0.4) is 0 Å². The molecule has 4 aromatic carbocycles. The van der Waals surface area contributed by atoms with Crippen LogP contribution in [0.25, 0.3) is 33.0 Å². The molecule has 35 heavy (non-hydrogen) atoms. The van der Waals surface area contributed by atoms with Crippen molar-refractivity contribution >= 4 is 17.1 Å². The number of hydrogen-bond acceptors (Lipinski definition) is 2. The molecule has 178 valence electrons. The van der Waals surface area contributed by atoms with Crippen molar-refractivity contribution in [3.8, 4) is 22.3 Å². The minimum absolute atomic E-state index is 0.383. The van der Waals surface area contributed by atoms with Gasteiger partial charge in [0.1, 0.15) is 6.29 Å². The highest BCUT2D eigenvalue weighted by Crippen LogP contribution is 2.40. The predicted octanol–water partition coefficient (Wildman–Crippen LogP) is 7.08. The van der Waals surface area contributed by atoms with Crippen LogP contribution in [0.15, 0.2) is 78.9 Å². The summed E-state index contributed by atoms with van der Waals surface area (Å²) in [7, 11) is 0. The molecule has 0 spiro atoms. The van der Waals surface area contributed by atoms with E-state index in [2.05, 4.69) is 54.7 Å². The molecule has 0 aromatic heterocycles. The zero-order valence-corrected chi connectivity index (χ0v) is 19.9. The number of piperidine rings is 1. The average Bonchev–Trinajstić information content (AvgIpc) is 2.92. The number of benzene rings is 4. The zero-order valence-electron chi connectivity index (χ0n) is 19.9. The SMILES string of the molecule is Cc1ccc(-c2ccc3c(-c4ccc(C5(CF)CCNCC5CF)cc4)cc(C=O)cc3c2)cc1. The molecular weight excluding hydrogens is 440 g/mol. The molecule has 1 saturated heterocycles. The van der Waals surface area contributed by atoms with E-state index >= 15 is 0 Å². The molecule has 1 aliphatic rings. The topological polar surface area (TPSA) is 29.1 Å². The fourth-order valence-corrected chi connectivity index (χ4v) is 5.43. The average molecular weight is 470 g/mol. The molecule has 1 heterocycles. The van der Waals surface area contributed by atoms with E-state index in [1.54, 1.807) is 0 Å². The Labute approximate surface area is 205 Å². The lowest BCUT2D eigenvalue weighted by molar-refractivity contribution is 0.112. The van der Waals surface area contributed by atoms with Gasteiger partial charge in [0.25, 0.3) is 0 Å². The van der Waals surface area contributed by atoms with Gasteiger partial charge in [-0.1, -0.05) is 66.2 Å². The molecule has 0 bridgehead atoms. The number of halogens is 2. The maximum Gasteiger partial charge on any atom is 0.150 e. The number of hydrogen-bond donors (Lipinski definition) is 1. The maximum absolute atomic E-state index is 14.4. The summed E-state index contributed by atoms with van der Waals surface area (Å²) in [5.74, 6) is -0.383. The van der Waals surface area contributed by atoms with Crippen LogP contribution in [-0.4, -0.2) is 32.7 Å². The van der Waals surface area contributed by atoms with Crippen molar-refractivity contribution in [3.05, 3.63) is 95.6 Å². The van der Waals surface area contributed by atoms with Crippen molar-refractivity contribution in [1.29, 1.82) is 0 Å². The Bertz CT molecular complexity index is 1350. The van der Waals surface area contributed by atoms with Gasteiger partial charge in [0.2, 0.25) is 0 Å². The third kappa shape index (κ3) is 4.28. The van der Waals surface area contributed by atoms with Crippen LogP contribution in [0.4, 0.5) is 8.78 Å². The van der Waals surface area contributed by atoms with Gasteiger partial charge in [0, 0.05) is 23.4 Å². The third-order valence-electron chi connectivity index (χ3n) is 7.61. The molecule has 0 aliphatic carbocycles. The van der Waals surface area contributed by atoms with Crippen molar-refractivity contribution < 1.29 is 13.6 Å². The summed E-state index contributed by atoms with van der Waals surface area (Å²) < 4.78 is 28.1. The Morgan fingerprint density at radius 3 is 2.31 bits per heavy atom. The summed E-state index contributed by atoms with van der Waals surface area (Å²) in [6.07, 6.45) is 1.44. The van der Waals surface area contributed by atoms with Crippen molar-refractivity contribution in [3.63, 3.8) is 0 Å². The number of rotatable bonds is 6. The molecular formula is C31H29F2NO. The smallest absolute Gasteiger partial charge is 0.150 e. The summed E-state index contributed by atoms with van der Waals surface area (Å²) in [5.41, 5.74) is 5.97. The number of carbonyl (C=O) groups is 1.